The van der Waals surface area contributed by atoms with Crippen molar-refractivity contribution in [1.29, 1.82) is 0 Å². The van der Waals surface area contributed by atoms with Crippen LogP contribution in [-0.4, -0.2) is 31.2 Å². The van der Waals surface area contributed by atoms with E-state index in [1.165, 1.54) is 18.4 Å². The lowest BCUT2D eigenvalue weighted by Gasteiger charge is -2.34. The van der Waals surface area contributed by atoms with E-state index in [9.17, 15) is 0 Å². The molecule has 3 heteroatoms. The number of hydrogen-bond donors (Lipinski definition) is 0. The largest absolute Gasteiger partial charge is 0.370 e. The van der Waals surface area contributed by atoms with Crippen molar-refractivity contribution >= 4 is 0 Å². The zero-order valence-corrected chi connectivity index (χ0v) is 9.41. The summed E-state index contributed by atoms with van der Waals surface area (Å²) in [6, 6.07) is 0. The van der Waals surface area contributed by atoms with Gasteiger partial charge in [-0.3, -0.25) is 0 Å². The van der Waals surface area contributed by atoms with Crippen LogP contribution in [0.1, 0.15) is 32.6 Å². The quantitative estimate of drug-likeness (QED) is 0.620. The molecule has 2 aliphatic heterocycles. The minimum Gasteiger partial charge on any atom is -0.370 e. The van der Waals surface area contributed by atoms with Crippen molar-refractivity contribution in [2.45, 2.75) is 50.1 Å². The fourth-order valence-corrected chi connectivity index (χ4v) is 3.14. The molecule has 1 spiro atoms. The van der Waals surface area contributed by atoms with Crippen LogP contribution in [-0.2, 0) is 14.2 Å². The van der Waals surface area contributed by atoms with Gasteiger partial charge in [0.2, 0.25) is 0 Å². The first-order valence-corrected chi connectivity index (χ1v) is 5.75. The molecule has 3 aliphatic rings. The van der Waals surface area contributed by atoms with Crippen molar-refractivity contribution in [3.63, 3.8) is 0 Å². The third kappa shape index (κ3) is 1.23. The van der Waals surface area contributed by atoms with Crippen LogP contribution in [0, 0.1) is 0 Å². The van der Waals surface area contributed by atoms with Crippen molar-refractivity contribution in [2.75, 3.05) is 13.7 Å². The van der Waals surface area contributed by atoms with Crippen molar-refractivity contribution in [3.05, 3.63) is 11.6 Å². The van der Waals surface area contributed by atoms with Gasteiger partial charge in [-0.2, -0.15) is 0 Å². The Hall–Kier alpha value is -0.380. The van der Waals surface area contributed by atoms with E-state index in [2.05, 4.69) is 6.08 Å². The van der Waals surface area contributed by atoms with E-state index in [0.717, 1.165) is 19.4 Å². The second-order valence-corrected chi connectivity index (χ2v) is 4.95. The lowest BCUT2D eigenvalue weighted by Crippen LogP contribution is -2.40. The molecule has 2 heterocycles. The molecular formula is C12H18O3. The Morgan fingerprint density at radius 2 is 2.40 bits per heavy atom. The molecule has 0 amide bonds. The third-order valence-electron chi connectivity index (χ3n) is 4.03. The molecular weight excluding hydrogens is 192 g/mol. The van der Waals surface area contributed by atoms with Gasteiger partial charge in [-0.05, 0) is 31.8 Å². The maximum Gasteiger partial charge on any atom is 0.169 e. The van der Waals surface area contributed by atoms with Crippen LogP contribution in [0.15, 0.2) is 11.6 Å². The summed E-state index contributed by atoms with van der Waals surface area (Å²) < 4.78 is 17.5. The predicted molar refractivity (Wildman–Crippen MR) is 55.5 cm³/mol. The Morgan fingerprint density at radius 1 is 1.53 bits per heavy atom. The molecule has 0 aromatic rings. The fraction of sp³-hybridized carbons (Fsp3) is 0.833. The summed E-state index contributed by atoms with van der Waals surface area (Å²) in [4.78, 5) is 0. The van der Waals surface area contributed by atoms with Gasteiger partial charge in [0.05, 0.1) is 12.7 Å². The maximum atomic E-state index is 6.20. The Kier molecular flexibility index (Phi) is 2.00. The number of hydrogen-bond acceptors (Lipinski definition) is 3. The summed E-state index contributed by atoms with van der Waals surface area (Å²) >= 11 is 0. The number of methoxy groups -OCH3 is 1. The zero-order valence-electron chi connectivity index (χ0n) is 9.41. The van der Waals surface area contributed by atoms with Crippen LogP contribution in [0.3, 0.4) is 0 Å². The highest BCUT2D eigenvalue weighted by atomic mass is 16.7. The molecule has 0 saturated carbocycles. The molecule has 3 rings (SSSR count). The summed E-state index contributed by atoms with van der Waals surface area (Å²) in [6.45, 7) is 2.76. The van der Waals surface area contributed by atoms with Crippen molar-refractivity contribution in [3.8, 4) is 0 Å². The summed E-state index contributed by atoms with van der Waals surface area (Å²) in [5.41, 5.74) is 1.20. The van der Waals surface area contributed by atoms with Crippen molar-refractivity contribution in [1.82, 2.24) is 0 Å². The van der Waals surface area contributed by atoms with E-state index in [1.54, 1.807) is 7.11 Å². The summed E-state index contributed by atoms with van der Waals surface area (Å²) in [5, 5.41) is 0. The molecule has 0 aromatic carbocycles. The van der Waals surface area contributed by atoms with Crippen LogP contribution in [0.2, 0.25) is 0 Å². The molecule has 0 aromatic heterocycles. The average Bonchev–Trinajstić information content (AvgIpc) is 2.69. The predicted octanol–water partition coefficient (Wildman–Crippen LogP) is 2.02. The molecule has 15 heavy (non-hydrogen) atoms. The van der Waals surface area contributed by atoms with E-state index >= 15 is 0 Å². The Morgan fingerprint density at radius 3 is 3.20 bits per heavy atom. The molecule has 3 nitrogen and oxygen atoms in total. The Balaban J connectivity index is 1.96. The minimum atomic E-state index is -0.457. The van der Waals surface area contributed by atoms with Gasteiger partial charge in [0.15, 0.2) is 5.79 Å². The molecule has 0 unspecified atom stereocenters. The molecule has 2 saturated heterocycles. The fourth-order valence-electron chi connectivity index (χ4n) is 3.14. The van der Waals surface area contributed by atoms with E-state index in [1.807, 2.05) is 6.92 Å². The normalized spacial score (nSPS) is 48.7. The lowest BCUT2D eigenvalue weighted by atomic mass is 9.81. The maximum absolute atomic E-state index is 6.20. The summed E-state index contributed by atoms with van der Waals surface area (Å²) in [5.74, 6) is -0.457. The average molecular weight is 210 g/mol. The van der Waals surface area contributed by atoms with Gasteiger partial charge in [-0.15, -0.1) is 0 Å². The van der Waals surface area contributed by atoms with E-state index in [4.69, 9.17) is 14.2 Å². The van der Waals surface area contributed by atoms with E-state index in [-0.39, 0.29) is 11.7 Å². The lowest BCUT2D eigenvalue weighted by molar-refractivity contribution is -0.221. The highest BCUT2D eigenvalue weighted by Crippen LogP contribution is 2.52. The van der Waals surface area contributed by atoms with Crippen molar-refractivity contribution in [2.24, 2.45) is 0 Å². The van der Waals surface area contributed by atoms with Gasteiger partial charge < -0.3 is 14.2 Å². The molecule has 0 N–H and O–H groups in total. The van der Waals surface area contributed by atoms with E-state index in [0.29, 0.717) is 0 Å². The van der Waals surface area contributed by atoms with Crippen LogP contribution < -0.4 is 0 Å². The van der Waals surface area contributed by atoms with Gasteiger partial charge in [0, 0.05) is 13.5 Å². The molecule has 3 atom stereocenters. The third-order valence-corrected chi connectivity index (χ3v) is 4.03. The molecule has 84 valence electrons. The SMILES string of the molecule is CO[C@@]1(C)C[C@@H]2OCC3=CCCC[C@]32O1. The second kappa shape index (κ2) is 3.06. The Labute approximate surface area is 90.4 Å². The number of ether oxygens (including phenoxy) is 3. The number of rotatable bonds is 1. The van der Waals surface area contributed by atoms with Crippen LogP contribution in [0.5, 0.6) is 0 Å². The molecule has 0 radical (unpaired) electrons. The van der Waals surface area contributed by atoms with Gasteiger partial charge in [0.25, 0.3) is 0 Å². The molecule has 1 aliphatic carbocycles. The number of allylic oxidation sites excluding steroid dienone is 1. The van der Waals surface area contributed by atoms with Gasteiger partial charge >= 0.3 is 0 Å². The van der Waals surface area contributed by atoms with Crippen LogP contribution in [0.25, 0.3) is 0 Å². The summed E-state index contributed by atoms with van der Waals surface area (Å²) in [6.07, 6.45) is 6.80. The van der Waals surface area contributed by atoms with E-state index < -0.39 is 5.79 Å². The standard InChI is InChI=1S/C12H18O3/c1-11(13-2)7-10-12(15-11)6-4-3-5-9(12)8-14-10/h5,10H,3-4,6-8H2,1-2H3/t10-,11+,12-/m0/s1. The first-order chi connectivity index (χ1) is 7.19. The van der Waals surface area contributed by atoms with Crippen LogP contribution in [0.4, 0.5) is 0 Å². The minimum absolute atomic E-state index is 0.150. The molecule has 2 fully saturated rings. The Bertz CT molecular complexity index is 312. The highest BCUT2D eigenvalue weighted by molar-refractivity contribution is 5.29. The summed E-state index contributed by atoms with van der Waals surface area (Å²) in [7, 11) is 1.71. The molecule has 0 bridgehead atoms. The van der Waals surface area contributed by atoms with Gasteiger partial charge in [0.1, 0.15) is 5.60 Å². The highest BCUT2D eigenvalue weighted by Gasteiger charge is 2.60. The van der Waals surface area contributed by atoms with Crippen LogP contribution >= 0.6 is 0 Å². The van der Waals surface area contributed by atoms with Gasteiger partial charge in [-0.1, -0.05) is 6.08 Å². The first kappa shape index (κ1) is 9.82. The zero-order chi connectivity index (χ0) is 10.5. The smallest absolute Gasteiger partial charge is 0.169 e. The van der Waals surface area contributed by atoms with Crippen molar-refractivity contribution < 1.29 is 14.2 Å². The van der Waals surface area contributed by atoms with Gasteiger partial charge in [-0.25, -0.2) is 0 Å². The topological polar surface area (TPSA) is 27.7 Å². The second-order valence-electron chi connectivity index (χ2n) is 4.95. The monoisotopic (exact) mass is 210 g/mol. The first-order valence-electron chi connectivity index (χ1n) is 5.75.